The van der Waals surface area contributed by atoms with Crippen molar-refractivity contribution in [2.24, 2.45) is 5.92 Å². The van der Waals surface area contributed by atoms with Gasteiger partial charge in [-0.25, -0.2) is 4.39 Å². The summed E-state index contributed by atoms with van der Waals surface area (Å²) in [5.74, 6) is -0.778. The van der Waals surface area contributed by atoms with Crippen LogP contribution in [0.25, 0.3) is 6.08 Å². The van der Waals surface area contributed by atoms with Crippen LogP contribution < -0.4 is 0 Å². The Bertz CT molecular complexity index is 886. The van der Waals surface area contributed by atoms with E-state index in [0.29, 0.717) is 38.3 Å². The first-order valence-corrected chi connectivity index (χ1v) is 11.9. The summed E-state index contributed by atoms with van der Waals surface area (Å²) >= 11 is 5.77. The summed E-state index contributed by atoms with van der Waals surface area (Å²) in [6.45, 7) is 3.26. The number of β-amino-alcohol motifs (C(OH)–C–C–N with tert-alkyl or cyclic N) is 2. The highest BCUT2D eigenvalue weighted by atomic mass is 35.5. The van der Waals surface area contributed by atoms with Crippen LogP contribution in [0.15, 0.2) is 24.3 Å². The number of rotatable bonds is 8. The zero-order valence-corrected chi connectivity index (χ0v) is 20.2. The number of aliphatic hydroxyl groups is 2. The van der Waals surface area contributed by atoms with Gasteiger partial charge in [-0.15, -0.1) is 0 Å². The zero-order chi connectivity index (χ0) is 24.7. The molecule has 2 fully saturated rings. The molecule has 10 heteroatoms. The SMILES string of the molecule is COC[C@H]1CCN(C[C@H](O)CN2CCN(C(=O)C=Cc3ccc(F)c(Cl)c3)CCC2=O)C[C@H]1O. The van der Waals surface area contributed by atoms with Crippen LogP contribution >= 0.6 is 11.6 Å². The number of hydrogen-bond donors (Lipinski definition) is 2. The molecular formula is C24H33ClFN3O5. The number of aliphatic hydroxyl groups excluding tert-OH is 2. The lowest BCUT2D eigenvalue weighted by Crippen LogP contribution is -2.50. The maximum absolute atomic E-state index is 13.3. The first-order valence-electron chi connectivity index (χ1n) is 11.5. The molecule has 0 radical (unpaired) electrons. The van der Waals surface area contributed by atoms with Crippen molar-refractivity contribution >= 4 is 29.5 Å². The van der Waals surface area contributed by atoms with Gasteiger partial charge in [0.15, 0.2) is 0 Å². The van der Waals surface area contributed by atoms with E-state index < -0.39 is 18.0 Å². The zero-order valence-electron chi connectivity index (χ0n) is 19.4. The van der Waals surface area contributed by atoms with Crippen molar-refractivity contribution < 1.29 is 28.9 Å². The molecule has 3 atom stereocenters. The Labute approximate surface area is 204 Å². The van der Waals surface area contributed by atoms with Crippen LogP contribution in [0.1, 0.15) is 18.4 Å². The van der Waals surface area contributed by atoms with E-state index in [-0.39, 0.29) is 42.3 Å². The summed E-state index contributed by atoms with van der Waals surface area (Å²) in [6.07, 6.45) is 2.66. The number of halogens is 2. The number of methoxy groups -OCH3 is 1. The fourth-order valence-corrected chi connectivity index (χ4v) is 4.59. The third-order valence-electron chi connectivity index (χ3n) is 6.35. The molecule has 2 N–H and O–H groups in total. The molecule has 3 rings (SSSR count). The molecule has 1 aromatic rings. The maximum atomic E-state index is 13.3. The normalized spacial score (nSPS) is 23.4. The van der Waals surface area contributed by atoms with Gasteiger partial charge < -0.3 is 24.7 Å². The van der Waals surface area contributed by atoms with Crippen molar-refractivity contribution in [3.05, 3.63) is 40.7 Å². The molecule has 2 aliphatic heterocycles. The summed E-state index contributed by atoms with van der Waals surface area (Å²) in [5, 5.41) is 20.8. The van der Waals surface area contributed by atoms with Gasteiger partial charge in [0.05, 0.1) is 23.8 Å². The molecule has 0 saturated carbocycles. The highest BCUT2D eigenvalue weighted by Crippen LogP contribution is 2.19. The van der Waals surface area contributed by atoms with Gasteiger partial charge in [-0.05, 0) is 36.7 Å². The second kappa shape index (κ2) is 12.6. The maximum Gasteiger partial charge on any atom is 0.246 e. The lowest BCUT2D eigenvalue weighted by atomic mass is 9.94. The van der Waals surface area contributed by atoms with E-state index in [1.165, 1.54) is 24.3 Å². The van der Waals surface area contributed by atoms with E-state index in [2.05, 4.69) is 0 Å². The Morgan fingerprint density at radius 3 is 2.79 bits per heavy atom. The highest BCUT2D eigenvalue weighted by Gasteiger charge is 2.30. The fraction of sp³-hybridized carbons (Fsp3) is 0.583. The summed E-state index contributed by atoms with van der Waals surface area (Å²) < 4.78 is 18.4. The first kappa shape index (κ1) is 26.6. The van der Waals surface area contributed by atoms with E-state index >= 15 is 0 Å². The molecule has 2 heterocycles. The minimum Gasteiger partial charge on any atom is -0.391 e. The topological polar surface area (TPSA) is 93.6 Å². The molecular weight excluding hydrogens is 465 g/mol. The second-order valence-corrected chi connectivity index (χ2v) is 9.31. The number of ether oxygens (including phenoxy) is 1. The standard InChI is InChI=1S/C24H33ClFN3O5/c1-34-16-18-6-8-27(15-22(18)31)13-19(30)14-29-11-10-28(9-7-24(29)33)23(32)5-3-17-2-4-21(26)20(25)12-17/h2-5,12,18-19,22,30-31H,6-11,13-16H2,1H3/t18-,19+,22-/m1/s1. The molecule has 0 aliphatic carbocycles. The third kappa shape index (κ3) is 7.48. The van der Waals surface area contributed by atoms with Crippen molar-refractivity contribution in [2.75, 3.05) is 59.5 Å². The van der Waals surface area contributed by atoms with Crippen molar-refractivity contribution in [2.45, 2.75) is 25.0 Å². The lowest BCUT2D eigenvalue weighted by molar-refractivity contribution is -0.132. The van der Waals surface area contributed by atoms with Crippen LogP contribution in [0.5, 0.6) is 0 Å². The molecule has 188 valence electrons. The van der Waals surface area contributed by atoms with E-state index in [4.69, 9.17) is 16.3 Å². The van der Waals surface area contributed by atoms with Gasteiger partial charge in [0, 0.05) is 64.8 Å². The van der Waals surface area contributed by atoms with Crippen molar-refractivity contribution in [3.63, 3.8) is 0 Å². The lowest BCUT2D eigenvalue weighted by Gasteiger charge is -2.37. The minimum absolute atomic E-state index is 0.0157. The number of amides is 2. The number of likely N-dealkylation sites (tertiary alicyclic amines) is 1. The van der Waals surface area contributed by atoms with E-state index in [0.717, 1.165) is 13.0 Å². The van der Waals surface area contributed by atoms with Gasteiger partial charge in [0.25, 0.3) is 0 Å². The van der Waals surface area contributed by atoms with Gasteiger partial charge in [-0.3, -0.25) is 14.5 Å². The predicted molar refractivity (Wildman–Crippen MR) is 127 cm³/mol. The average Bonchev–Trinajstić information content (AvgIpc) is 2.98. The number of piperidine rings is 1. The molecule has 2 amide bonds. The highest BCUT2D eigenvalue weighted by molar-refractivity contribution is 6.30. The largest absolute Gasteiger partial charge is 0.391 e. The Morgan fingerprint density at radius 2 is 2.09 bits per heavy atom. The molecule has 0 aromatic heterocycles. The fourth-order valence-electron chi connectivity index (χ4n) is 4.40. The summed E-state index contributed by atoms with van der Waals surface area (Å²) in [6, 6.07) is 4.21. The van der Waals surface area contributed by atoms with E-state index in [9.17, 15) is 24.2 Å². The van der Waals surface area contributed by atoms with Gasteiger partial charge in [-0.1, -0.05) is 17.7 Å². The van der Waals surface area contributed by atoms with Gasteiger partial charge >= 0.3 is 0 Å². The molecule has 8 nitrogen and oxygen atoms in total. The Morgan fingerprint density at radius 1 is 1.29 bits per heavy atom. The van der Waals surface area contributed by atoms with Crippen LogP contribution in [-0.4, -0.2) is 108 Å². The van der Waals surface area contributed by atoms with E-state index in [1.807, 2.05) is 4.90 Å². The molecule has 0 unspecified atom stereocenters. The average molecular weight is 498 g/mol. The van der Waals surface area contributed by atoms with Gasteiger partial charge in [-0.2, -0.15) is 0 Å². The smallest absolute Gasteiger partial charge is 0.246 e. The first-order chi connectivity index (χ1) is 16.3. The Kier molecular flexibility index (Phi) is 9.85. The van der Waals surface area contributed by atoms with Crippen LogP contribution in [0.2, 0.25) is 5.02 Å². The van der Waals surface area contributed by atoms with Crippen molar-refractivity contribution in [1.29, 1.82) is 0 Å². The molecule has 1 aromatic carbocycles. The van der Waals surface area contributed by atoms with Crippen LogP contribution in [-0.2, 0) is 14.3 Å². The summed E-state index contributed by atoms with van der Waals surface area (Å²) in [7, 11) is 1.62. The summed E-state index contributed by atoms with van der Waals surface area (Å²) in [4.78, 5) is 30.3. The predicted octanol–water partition coefficient (Wildman–Crippen LogP) is 1.24. The molecule has 0 spiro atoms. The third-order valence-corrected chi connectivity index (χ3v) is 6.64. The second-order valence-electron chi connectivity index (χ2n) is 8.91. The number of carbonyl (C=O) groups excluding carboxylic acids is 2. The van der Waals surface area contributed by atoms with Crippen LogP contribution in [0.4, 0.5) is 4.39 Å². The number of hydrogen-bond acceptors (Lipinski definition) is 6. The Balaban J connectivity index is 1.47. The molecule has 34 heavy (non-hydrogen) atoms. The monoisotopic (exact) mass is 497 g/mol. The number of nitrogens with zero attached hydrogens (tertiary/aromatic N) is 3. The number of benzene rings is 1. The van der Waals surface area contributed by atoms with Gasteiger partial charge in [0.1, 0.15) is 5.82 Å². The Hall–Kier alpha value is -2.04. The van der Waals surface area contributed by atoms with Gasteiger partial charge in [0.2, 0.25) is 11.8 Å². The van der Waals surface area contributed by atoms with Crippen LogP contribution in [0.3, 0.4) is 0 Å². The summed E-state index contributed by atoms with van der Waals surface area (Å²) in [5.41, 5.74) is 0.603. The number of carbonyl (C=O) groups is 2. The van der Waals surface area contributed by atoms with Crippen molar-refractivity contribution in [1.82, 2.24) is 14.7 Å². The van der Waals surface area contributed by atoms with Crippen LogP contribution in [0, 0.1) is 11.7 Å². The quantitative estimate of drug-likeness (QED) is 0.525. The molecule has 2 aliphatic rings. The van der Waals surface area contributed by atoms with Crippen molar-refractivity contribution in [3.8, 4) is 0 Å². The minimum atomic E-state index is -0.750. The molecule has 0 bridgehead atoms. The molecule has 2 saturated heterocycles. The van der Waals surface area contributed by atoms with E-state index in [1.54, 1.807) is 23.0 Å².